The van der Waals surface area contributed by atoms with Gasteiger partial charge in [-0.25, -0.2) is 0 Å². The Morgan fingerprint density at radius 1 is 0.833 bits per heavy atom. The molecular weight excluding hydrogens is 264 g/mol. The summed E-state index contributed by atoms with van der Waals surface area (Å²) in [7, 11) is 0. The third-order valence-corrected chi connectivity index (χ3v) is 0. The molecule has 0 aliphatic rings. The monoisotopic (exact) mass is 274 g/mol. The Morgan fingerprint density at radius 2 is 0.833 bits per heavy atom. The van der Waals surface area contributed by atoms with Crippen molar-refractivity contribution in [3.63, 3.8) is 0 Å². The van der Waals surface area contributed by atoms with Gasteiger partial charge in [0.05, 0.1) is 0 Å². The first-order valence-corrected chi connectivity index (χ1v) is 0.289. The van der Waals surface area contributed by atoms with Gasteiger partial charge >= 0.3 is 0 Å². The van der Waals surface area contributed by atoms with E-state index < -0.39 is 0 Å². The topological polar surface area (TPSA) is 142 Å². The van der Waals surface area contributed by atoms with Crippen LogP contribution in [0.3, 0.4) is 0 Å². The van der Waals surface area contributed by atoms with Crippen molar-refractivity contribution >= 4 is 0 Å². The zero-order chi connectivity index (χ0) is 2.00. The number of hydrogen-bond acceptors (Lipinski definition) is 0. The van der Waals surface area contributed by atoms with Gasteiger partial charge in [0.1, 0.15) is 0 Å². The fourth-order valence-corrected chi connectivity index (χ4v) is 0. The van der Waals surface area contributed by atoms with Gasteiger partial charge in [0.2, 0.25) is 0 Å². The van der Waals surface area contributed by atoms with Gasteiger partial charge in [-0.3, -0.25) is 0 Å². The van der Waals surface area contributed by atoms with E-state index in [9.17, 15) is 0 Å². The van der Waals surface area contributed by atoms with Gasteiger partial charge in [0.25, 0.3) is 0 Å². The van der Waals surface area contributed by atoms with Crippen LogP contribution in [0.5, 0.6) is 0 Å². The second-order valence-corrected chi connectivity index (χ2v) is 0. The van der Waals surface area contributed by atoms with Crippen molar-refractivity contribution in [2.24, 2.45) is 0 Å². The summed E-state index contributed by atoms with van der Waals surface area (Å²) in [6.45, 7) is 0. The fourth-order valence-electron chi connectivity index (χ4n) is 0. The molecule has 44 valence electrons. The van der Waals surface area contributed by atoms with Crippen LogP contribution in [0.4, 0.5) is 0 Å². The van der Waals surface area contributed by atoms with Crippen LogP contribution in [0.1, 0.15) is 0 Å². The van der Waals surface area contributed by atoms with E-state index in [4.69, 9.17) is 5.21 Å². The van der Waals surface area contributed by atoms with Crippen molar-refractivity contribution in [3.8, 4) is 0 Å². The van der Waals surface area contributed by atoms with Crippen molar-refractivity contribution in [2.45, 2.75) is 0 Å². The van der Waals surface area contributed by atoms with Gasteiger partial charge in [-0.05, 0) is 0 Å². The molecule has 0 bridgehead atoms. The van der Waals surface area contributed by atoms with E-state index in [1.807, 2.05) is 5.90 Å². The van der Waals surface area contributed by atoms with Gasteiger partial charge in [0, 0.05) is 25.6 Å². The van der Waals surface area contributed by atoms with Crippen molar-refractivity contribution in [1.82, 2.24) is 0 Å². The summed E-state index contributed by atoms with van der Waals surface area (Å²) in [5, 5.41) is 8.00. The van der Waals surface area contributed by atoms with Crippen LogP contribution in [0.2, 0.25) is 0 Å². The summed E-state index contributed by atoms with van der Waals surface area (Å²) in [6, 6.07) is 0. The molecule has 0 aliphatic carbocycles. The van der Waals surface area contributed by atoms with Crippen molar-refractivity contribution in [1.29, 1.82) is 0 Å². The molecule has 6 heavy (non-hydrogen) atoms. The van der Waals surface area contributed by atoms with Crippen molar-refractivity contribution in [3.05, 3.63) is 0 Å². The van der Waals surface area contributed by atoms with E-state index in [0.717, 1.165) is 0 Å². The molecule has 0 aliphatic heterocycles. The summed E-state index contributed by atoms with van der Waals surface area (Å²) in [5.74, 6) is 2.00. The molecule has 0 rings (SSSR count). The molecule has 0 saturated heterocycles. The molecule has 0 spiro atoms. The third-order valence-electron chi connectivity index (χ3n) is 0. The van der Waals surface area contributed by atoms with Crippen LogP contribution in [0, 0.1) is 0 Å². The summed E-state index contributed by atoms with van der Waals surface area (Å²) in [4.78, 5) is 0. The van der Waals surface area contributed by atoms with Crippen LogP contribution in [-0.2, 0) is 25.6 Å². The second-order valence-electron chi connectivity index (χ2n) is 0. The first-order chi connectivity index (χ1) is 1.00. The van der Waals surface area contributed by atoms with Crippen LogP contribution >= 0.6 is 0 Å². The minimum absolute atomic E-state index is 0. The Bertz CT molecular complexity index is 7.51. The molecular formula is H9NO4Re+. The van der Waals surface area contributed by atoms with Crippen LogP contribution in [0.25, 0.3) is 0 Å². The Labute approximate surface area is 48.7 Å². The van der Waals surface area contributed by atoms with Crippen molar-refractivity contribution < 1.29 is 48.0 Å². The zero-order valence-electron chi connectivity index (χ0n) is 2.99. The zero-order valence-corrected chi connectivity index (χ0v) is 5.71. The van der Waals surface area contributed by atoms with Gasteiger partial charge in [0.15, 0.2) is 0 Å². The SMILES string of the molecule is O.O.O.[NH3+][O].[Re]. The van der Waals surface area contributed by atoms with E-state index in [-0.39, 0.29) is 36.9 Å². The quantitative estimate of drug-likeness (QED) is 0.431. The van der Waals surface area contributed by atoms with E-state index >= 15 is 0 Å². The smallest absolute Gasteiger partial charge is 0.0136 e. The molecule has 2 radical (unpaired) electrons. The minimum atomic E-state index is 0. The maximum atomic E-state index is 8.00. The maximum Gasteiger partial charge on any atom is 0.0136 e. The fraction of sp³-hybridized carbons (Fsp3) is 0. The van der Waals surface area contributed by atoms with Crippen molar-refractivity contribution in [2.75, 3.05) is 0 Å². The normalized spacial score (nSPS) is 1.00. The Hall–Kier alpha value is 0.462. The average Bonchev–Trinajstić information content (AvgIpc) is 1.00. The Morgan fingerprint density at radius 3 is 0.833 bits per heavy atom. The molecule has 0 heterocycles. The van der Waals surface area contributed by atoms with E-state index in [2.05, 4.69) is 0 Å². The number of hydrogen-bond donors (Lipinski definition) is 1. The number of rotatable bonds is 0. The Kier molecular flexibility index (Phi) is 7650. The average molecular weight is 273 g/mol. The molecule has 6 heteroatoms. The summed E-state index contributed by atoms with van der Waals surface area (Å²) in [6.07, 6.45) is 0. The first kappa shape index (κ1) is 90.2. The van der Waals surface area contributed by atoms with E-state index in [1.54, 1.807) is 0 Å². The largest absolute Gasteiger partial charge is 0.412 e. The first-order valence-electron chi connectivity index (χ1n) is 0.289. The van der Waals surface area contributed by atoms with Crippen LogP contribution in [0.15, 0.2) is 0 Å². The molecule has 0 aromatic rings. The molecule has 0 fully saturated rings. The van der Waals surface area contributed by atoms with Gasteiger partial charge in [-0.15, -0.1) is 0 Å². The summed E-state index contributed by atoms with van der Waals surface area (Å²) < 4.78 is 0. The number of quaternary nitrogens is 1. The molecule has 0 atom stereocenters. The van der Waals surface area contributed by atoms with E-state index in [1.165, 1.54) is 0 Å². The summed E-state index contributed by atoms with van der Waals surface area (Å²) >= 11 is 0. The molecule has 0 unspecified atom stereocenters. The van der Waals surface area contributed by atoms with Crippen LogP contribution < -0.4 is 5.90 Å². The molecule has 0 saturated carbocycles. The van der Waals surface area contributed by atoms with Gasteiger partial charge in [-0.2, -0.15) is 5.90 Å². The maximum absolute atomic E-state index is 8.00. The molecule has 0 aromatic carbocycles. The molecule has 9 N–H and O–H groups in total. The second kappa shape index (κ2) is 509. The molecule has 0 amide bonds. The Balaban J connectivity index is -0.000000000833. The molecule has 0 aromatic heterocycles. The van der Waals surface area contributed by atoms with Gasteiger partial charge < -0.3 is 16.4 Å². The predicted molar refractivity (Wildman–Crippen MR) is 14.4 cm³/mol. The molecule has 5 nitrogen and oxygen atoms in total. The minimum Gasteiger partial charge on any atom is -0.412 e. The van der Waals surface area contributed by atoms with Gasteiger partial charge in [-0.1, -0.05) is 0 Å². The summed E-state index contributed by atoms with van der Waals surface area (Å²) in [5.41, 5.74) is 0. The standard InChI is InChI=1S/H3NO.3H2O.Re/c1-2;;;;/h1H3;3*1H2;/q+1;;;;. The van der Waals surface area contributed by atoms with E-state index in [0.29, 0.717) is 0 Å². The third kappa shape index (κ3) is 250. The predicted octanol–water partition coefficient (Wildman–Crippen LogP) is -3.90. The van der Waals surface area contributed by atoms with Crippen LogP contribution in [-0.4, -0.2) is 16.4 Å².